The average molecular weight is 419 g/mol. The van der Waals surface area contributed by atoms with Crippen LogP contribution in [-0.2, 0) is 14.8 Å². The zero-order valence-electron chi connectivity index (χ0n) is 17.6. The Kier molecular flexibility index (Phi) is 8.08. The number of carbonyl (C=O) groups excluding carboxylic acids is 1. The highest BCUT2D eigenvalue weighted by atomic mass is 32.2. The van der Waals surface area contributed by atoms with Gasteiger partial charge in [0.2, 0.25) is 15.9 Å². The lowest BCUT2D eigenvalue weighted by Gasteiger charge is -2.24. The first-order valence-corrected chi connectivity index (χ1v) is 11.5. The van der Waals surface area contributed by atoms with Gasteiger partial charge in [0.25, 0.3) is 0 Å². The van der Waals surface area contributed by atoms with Crippen molar-refractivity contribution in [1.29, 1.82) is 0 Å². The topological polar surface area (TPSA) is 75.7 Å². The molecular weight excluding hydrogens is 388 g/mol. The molecule has 29 heavy (non-hydrogen) atoms. The van der Waals surface area contributed by atoms with E-state index in [1.807, 2.05) is 63.2 Å². The van der Waals surface area contributed by atoms with Crippen LogP contribution in [0.1, 0.15) is 29.5 Å². The van der Waals surface area contributed by atoms with Gasteiger partial charge in [0, 0.05) is 13.0 Å². The van der Waals surface area contributed by atoms with E-state index in [-0.39, 0.29) is 18.9 Å². The third-order valence-electron chi connectivity index (χ3n) is 4.48. The van der Waals surface area contributed by atoms with E-state index >= 15 is 0 Å². The summed E-state index contributed by atoms with van der Waals surface area (Å²) in [5, 5.41) is 2.81. The summed E-state index contributed by atoms with van der Waals surface area (Å²) < 4.78 is 31.5. The van der Waals surface area contributed by atoms with E-state index in [1.54, 1.807) is 0 Å². The predicted molar refractivity (Wildman–Crippen MR) is 117 cm³/mol. The molecule has 2 aromatic rings. The van der Waals surface area contributed by atoms with Crippen LogP contribution in [0, 0.1) is 20.8 Å². The number of hydrogen-bond donors (Lipinski definition) is 1. The summed E-state index contributed by atoms with van der Waals surface area (Å²) in [7, 11) is -3.43. The lowest BCUT2D eigenvalue weighted by molar-refractivity contribution is -0.121. The summed E-state index contributed by atoms with van der Waals surface area (Å²) >= 11 is 0. The highest BCUT2D eigenvalue weighted by Crippen LogP contribution is 2.24. The minimum Gasteiger partial charge on any atom is -0.492 e. The van der Waals surface area contributed by atoms with Crippen molar-refractivity contribution in [2.75, 3.05) is 30.3 Å². The zero-order valence-corrected chi connectivity index (χ0v) is 18.4. The number of hydrogen-bond acceptors (Lipinski definition) is 4. The van der Waals surface area contributed by atoms with Crippen molar-refractivity contribution < 1.29 is 17.9 Å². The highest BCUT2D eigenvalue weighted by Gasteiger charge is 2.19. The zero-order chi connectivity index (χ0) is 21.4. The fourth-order valence-electron chi connectivity index (χ4n) is 2.99. The number of carbonyl (C=O) groups is 1. The molecule has 7 heteroatoms. The molecule has 0 saturated carbocycles. The molecule has 2 rings (SSSR count). The molecule has 0 saturated heterocycles. The standard InChI is InChI=1S/C22H30N2O4S/c1-17-7-5-8-20(15-17)28-14-12-23-22(25)9-6-13-24(29(4,26)27)21-16-18(2)10-11-19(21)3/h5,7-8,10-11,15-16H,6,9,12-14H2,1-4H3,(H,23,25). The largest absolute Gasteiger partial charge is 0.492 e. The van der Waals surface area contributed by atoms with E-state index in [4.69, 9.17) is 4.74 Å². The van der Waals surface area contributed by atoms with Crippen molar-refractivity contribution >= 4 is 21.6 Å². The number of amides is 1. The van der Waals surface area contributed by atoms with Gasteiger partial charge in [0.05, 0.1) is 18.5 Å². The van der Waals surface area contributed by atoms with Gasteiger partial charge in [-0.15, -0.1) is 0 Å². The fourth-order valence-corrected chi connectivity index (χ4v) is 4.00. The Labute approximate surface area is 173 Å². The van der Waals surface area contributed by atoms with E-state index < -0.39 is 10.0 Å². The van der Waals surface area contributed by atoms with Gasteiger partial charge in [-0.25, -0.2) is 8.42 Å². The van der Waals surface area contributed by atoms with E-state index in [0.29, 0.717) is 25.3 Å². The maximum Gasteiger partial charge on any atom is 0.232 e. The Hall–Kier alpha value is -2.54. The predicted octanol–water partition coefficient (Wildman–Crippen LogP) is 3.35. The molecule has 158 valence electrons. The summed E-state index contributed by atoms with van der Waals surface area (Å²) in [5.74, 6) is 0.656. The van der Waals surface area contributed by atoms with Gasteiger partial charge >= 0.3 is 0 Å². The summed E-state index contributed by atoms with van der Waals surface area (Å²) in [4.78, 5) is 12.1. The first-order chi connectivity index (χ1) is 13.7. The highest BCUT2D eigenvalue weighted by molar-refractivity contribution is 7.92. The molecule has 0 aliphatic rings. The molecule has 6 nitrogen and oxygen atoms in total. The van der Waals surface area contributed by atoms with Gasteiger partial charge in [0.1, 0.15) is 12.4 Å². The molecule has 1 N–H and O–H groups in total. The molecule has 0 fully saturated rings. The van der Waals surface area contributed by atoms with Crippen LogP contribution in [-0.4, -0.2) is 40.3 Å². The number of nitrogens with one attached hydrogen (secondary N) is 1. The van der Waals surface area contributed by atoms with Gasteiger partial charge in [0.15, 0.2) is 0 Å². The molecule has 0 spiro atoms. The molecule has 0 atom stereocenters. The average Bonchev–Trinajstić information content (AvgIpc) is 2.64. The van der Waals surface area contributed by atoms with E-state index in [2.05, 4.69) is 5.32 Å². The monoisotopic (exact) mass is 418 g/mol. The van der Waals surface area contributed by atoms with Gasteiger partial charge in [-0.05, 0) is 62.1 Å². The van der Waals surface area contributed by atoms with Crippen molar-refractivity contribution in [3.05, 3.63) is 59.2 Å². The molecule has 0 aliphatic heterocycles. The third kappa shape index (κ3) is 7.42. The van der Waals surface area contributed by atoms with E-state index in [9.17, 15) is 13.2 Å². The van der Waals surface area contributed by atoms with Crippen molar-refractivity contribution in [3.63, 3.8) is 0 Å². The summed E-state index contributed by atoms with van der Waals surface area (Å²) in [6, 6.07) is 13.4. The molecule has 1 amide bonds. The van der Waals surface area contributed by atoms with Gasteiger partial charge in [-0.3, -0.25) is 9.10 Å². The molecule has 0 bridgehead atoms. The number of ether oxygens (including phenoxy) is 1. The molecule has 0 aliphatic carbocycles. The quantitative estimate of drug-likeness (QED) is 0.601. The van der Waals surface area contributed by atoms with Crippen molar-refractivity contribution in [1.82, 2.24) is 5.32 Å². The first kappa shape index (κ1) is 22.7. The van der Waals surface area contributed by atoms with Crippen LogP contribution in [0.15, 0.2) is 42.5 Å². The summed E-state index contributed by atoms with van der Waals surface area (Å²) in [5.41, 5.74) is 3.66. The third-order valence-corrected chi connectivity index (χ3v) is 5.66. The number of sulfonamides is 1. The number of nitrogens with zero attached hydrogens (tertiary/aromatic N) is 1. The van der Waals surface area contributed by atoms with Crippen molar-refractivity contribution in [2.45, 2.75) is 33.6 Å². The number of anilines is 1. The maximum atomic E-state index is 12.2. The van der Waals surface area contributed by atoms with Crippen molar-refractivity contribution in [3.8, 4) is 5.75 Å². The first-order valence-electron chi connectivity index (χ1n) is 9.68. The van der Waals surface area contributed by atoms with Crippen molar-refractivity contribution in [2.24, 2.45) is 0 Å². The van der Waals surface area contributed by atoms with Gasteiger partial charge in [-0.2, -0.15) is 0 Å². The second kappa shape index (κ2) is 10.3. The Morgan fingerprint density at radius 1 is 1.07 bits per heavy atom. The van der Waals surface area contributed by atoms with Crippen LogP contribution in [0.3, 0.4) is 0 Å². The molecular formula is C22H30N2O4S. The molecule has 0 heterocycles. The Morgan fingerprint density at radius 2 is 1.79 bits per heavy atom. The molecule has 0 radical (unpaired) electrons. The smallest absolute Gasteiger partial charge is 0.232 e. The van der Waals surface area contributed by atoms with Crippen LogP contribution < -0.4 is 14.4 Å². The summed E-state index contributed by atoms with van der Waals surface area (Å²) in [6.07, 6.45) is 1.88. The lowest BCUT2D eigenvalue weighted by Crippen LogP contribution is -2.33. The summed E-state index contributed by atoms with van der Waals surface area (Å²) in [6.45, 7) is 6.85. The van der Waals surface area contributed by atoms with Crippen LogP contribution in [0.5, 0.6) is 5.75 Å². The van der Waals surface area contributed by atoms with E-state index in [1.165, 1.54) is 10.6 Å². The second-order valence-electron chi connectivity index (χ2n) is 7.24. The molecule has 0 aromatic heterocycles. The number of rotatable bonds is 10. The Morgan fingerprint density at radius 3 is 2.48 bits per heavy atom. The minimum absolute atomic E-state index is 0.118. The number of aryl methyl sites for hydroxylation is 3. The lowest BCUT2D eigenvalue weighted by atomic mass is 10.1. The fraction of sp³-hybridized carbons (Fsp3) is 0.409. The second-order valence-corrected chi connectivity index (χ2v) is 9.15. The maximum absolute atomic E-state index is 12.2. The Balaban J connectivity index is 1.80. The van der Waals surface area contributed by atoms with Crippen LogP contribution >= 0.6 is 0 Å². The Bertz CT molecular complexity index is 942. The number of benzene rings is 2. The molecule has 0 unspecified atom stereocenters. The van der Waals surface area contributed by atoms with Gasteiger partial charge < -0.3 is 10.1 Å². The van der Waals surface area contributed by atoms with Crippen LogP contribution in [0.4, 0.5) is 5.69 Å². The SMILES string of the molecule is Cc1cccc(OCCNC(=O)CCCN(c2cc(C)ccc2C)S(C)(=O)=O)c1. The van der Waals surface area contributed by atoms with Crippen LogP contribution in [0.25, 0.3) is 0 Å². The van der Waals surface area contributed by atoms with E-state index in [0.717, 1.165) is 22.4 Å². The van der Waals surface area contributed by atoms with Crippen LogP contribution in [0.2, 0.25) is 0 Å². The minimum atomic E-state index is -3.43. The normalized spacial score (nSPS) is 11.2. The molecule has 2 aromatic carbocycles. The van der Waals surface area contributed by atoms with Gasteiger partial charge in [-0.1, -0.05) is 24.3 Å².